The predicted octanol–water partition coefficient (Wildman–Crippen LogP) is 1.13. The molecule has 0 bridgehead atoms. The van der Waals surface area contributed by atoms with Crippen LogP contribution in [0.2, 0.25) is 0 Å². The van der Waals surface area contributed by atoms with E-state index in [0.717, 1.165) is 24.8 Å². The van der Waals surface area contributed by atoms with Crippen molar-refractivity contribution in [3.8, 4) is 0 Å². The Morgan fingerprint density at radius 3 is 2.24 bits per heavy atom. The standard InChI is InChI=1S/C14H20N2O4S/c17-14(18)10-12-4-6-13(7-5-12)11-15-21(19,20)16-8-2-1-3-9-16/h4-7,15H,1-3,8-11H2,(H,17,18). The molecule has 1 saturated heterocycles. The van der Waals surface area contributed by atoms with Gasteiger partial charge in [0.05, 0.1) is 6.42 Å². The van der Waals surface area contributed by atoms with Gasteiger partial charge in [0.25, 0.3) is 10.2 Å². The van der Waals surface area contributed by atoms with Crippen molar-refractivity contribution in [2.24, 2.45) is 0 Å². The van der Waals surface area contributed by atoms with Gasteiger partial charge in [-0.1, -0.05) is 30.7 Å². The molecule has 0 saturated carbocycles. The normalized spacial score (nSPS) is 16.8. The highest BCUT2D eigenvalue weighted by Crippen LogP contribution is 2.12. The van der Waals surface area contributed by atoms with Gasteiger partial charge in [-0.2, -0.15) is 17.4 Å². The Kier molecular flexibility index (Phi) is 5.33. The van der Waals surface area contributed by atoms with Crippen molar-refractivity contribution in [1.29, 1.82) is 0 Å². The summed E-state index contributed by atoms with van der Waals surface area (Å²) in [5.74, 6) is -0.881. The quantitative estimate of drug-likeness (QED) is 0.824. The second kappa shape index (κ2) is 7.02. The number of piperidine rings is 1. The van der Waals surface area contributed by atoms with Crippen molar-refractivity contribution in [3.63, 3.8) is 0 Å². The molecule has 0 spiro atoms. The molecule has 0 atom stereocenters. The first-order chi connectivity index (χ1) is 9.97. The van der Waals surface area contributed by atoms with Crippen molar-refractivity contribution in [3.05, 3.63) is 35.4 Å². The molecule has 0 radical (unpaired) electrons. The van der Waals surface area contributed by atoms with Crippen LogP contribution < -0.4 is 4.72 Å². The lowest BCUT2D eigenvalue weighted by Gasteiger charge is -2.25. The number of nitrogens with one attached hydrogen (secondary N) is 1. The van der Waals surface area contributed by atoms with Crippen LogP contribution in [-0.2, 0) is 28.0 Å². The average Bonchev–Trinajstić information content (AvgIpc) is 2.47. The smallest absolute Gasteiger partial charge is 0.307 e. The summed E-state index contributed by atoms with van der Waals surface area (Å²) in [5, 5.41) is 8.69. The first-order valence-electron chi connectivity index (χ1n) is 7.02. The lowest BCUT2D eigenvalue weighted by atomic mass is 10.1. The van der Waals surface area contributed by atoms with Crippen LogP contribution in [0.5, 0.6) is 0 Å². The van der Waals surface area contributed by atoms with Crippen LogP contribution in [0.25, 0.3) is 0 Å². The van der Waals surface area contributed by atoms with Gasteiger partial charge in [-0.05, 0) is 24.0 Å². The summed E-state index contributed by atoms with van der Waals surface area (Å²) < 4.78 is 28.3. The van der Waals surface area contributed by atoms with Crippen molar-refractivity contribution >= 4 is 16.2 Å². The largest absolute Gasteiger partial charge is 0.481 e. The number of aliphatic carboxylic acids is 1. The SMILES string of the molecule is O=C(O)Cc1ccc(CNS(=O)(=O)N2CCCCC2)cc1. The topological polar surface area (TPSA) is 86.7 Å². The number of hydrogen-bond acceptors (Lipinski definition) is 3. The van der Waals surface area contributed by atoms with Crippen LogP contribution in [0, 0.1) is 0 Å². The molecule has 21 heavy (non-hydrogen) atoms. The highest BCUT2D eigenvalue weighted by molar-refractivity contribution is 7.87. The first kappa shape index (κ1) is 15.9. The molecular weight excluding hydrogens is 292 g/mol. The molecule has 7 heteroatoms. The van der Waals surface area contributed by atoms with Crippen LogP contribution in [0.15, 0.2) is 24.3 Å². The number of carboxylic acids is 1. The van der Waals surface area contributed by atoms with Crippen molar-refractivity contribution in [2.75, 3.05) is 13.1 Å². The highest BCUT2D eigenvalue weighted by Gasteiger charge is 2.23. The van der Waals surface area contributed by atoms with Crippen LogP contribution in [0.4, 0.5) is 0 Å². The van der Waals surface area contributed by atoms with E-state index < -0.39 is 16.2 Å². The Bertz CT molecular complexity index is 577. The zero-order valence-corrected chi connectivity index (χ0v) is 12.6. The third kappa shape index (κ3) is 4.80. The summed E-state index contributed by atoms with van der Waals surface area (Å²) in [6.45, 7) is 1.37. The van der Waals surface area contributed by atoms with Crippen molar-refractivity contribution in [2.45, 2.75) is 32.2 Å². The maximum atomic E-state index is 12.1. The Morgan fingerprint density at radius 2 is 1.67 bits per heavy atom. The molecule has 0 amide bonds. The van der Waals surface area contributed by atoms with Gasteiger partial charge in [-0.3, -0.25) is 4.79 Å². The van der Waals surface area contributed by atoms with Crippen LogP contribution >= 0.6 is 0 Å². The molecule has 2 rings (SSSR count). The van der Waals surface area contributed by atoms with E-state index in [-0.39, 0.29) is 13.0 Å². The molecule has 0 aliphatic carbocycles. The van der Waals surface area contributed by atoms with Crippen LogP contribution in [-0.4, -0.2) is 36.9 Å². The molecule has 0 unspecified atom stereocenters. The van der Waals surface area contributed by atoms with E-state index in [9.17, 15) is 13.2 Å². The minimum Gasteiger partial charge on any atom is -0.481 e. The van der Waals surface area contributed by atoms with E-state index in [1.807, 2.05) is 0 Å². The molecule has 116 valence electrons. The third-order valence-electron chi connectivity index (χ3n) is 3.49. The minimum absolute atomic E-state index is 0.0280. The number of carbonyl (C=O) groups is 1. The van der Waals surface area contributed by atoms with Gasteiger partial charge in [0.2, 0.25) is 0 Å². The molecule has 1 aromatic rings. The van der Waals surface area contributed by atoms with Gasteiger partial charge in [-0.15, -0.1) is 0 Å². The molecule has 1 aliphatic rings. The number of carboxylic acid groups (broad SMARTS) is 1. The van der Waals surface area contributed by atoms with Gasteiger partial charge in [0.1, 0.15) is 0 Å². The second-order valence-electron chi connectivity index (χ2n) is 5.17. The maximum absolute atomic E-state index is 12.1. The Balaban J connectivity index is 1.91. The van der Waals surface area contributed by atoms with E-state index in [1.165, 1.54) is 4.31 Å². The lowest BCUT2D eigenvalue weighted by Crippen LogP contribution is -2.43. The predicted molar refractivity (Wildman–Crippen MR) is 79.0 cm³/mol. The molecular formula is C14H20N2O4S. The van der Waals surface area contributed by atoms with Gasteiger partial charge in [0, 0.05) is 19.6 Å². The molecule has 2 N–H and O–H groups in total. The highest BCUT2D eigenvalue weighted by atomic mass is 32.2. The maximum Gasteiger partial charge on any atom is 0.307 e. The van der Waals surface area contributed by atoms with E-state index in [1.54, 1.807) is 24.3 Å². The number of hydrogen-bond donors (Lipinski definition) is 2. The lowest BCUT2D eigenvalue weighted by molar-refractivity contribution is -0.136. The molecule has 6 nitrogen and oxygen atoms in total. The van der Waals surface area contributed by atoms with Gasteiger partial charge in [0.15, 0.2) is 0 Å². The summed E-state index contributed by atoms with van der Waals surface area (Å²) in [7, 11) is -3.42. The Labute approximate surface area is 125 Å². The monoisotopic (exact) mass is 312 g/mol. The van der Waals surface area contributed by atoms with E-state index in [2.05, 4.69) is 4.72 Å². The number of rotatable bonds is 6. The second-order valence-corrected chi connectivity index (χ2v) is 6.93. The summed E-state index contributed by atoms with van der Waals surface area (Å²) in [6, 6.07) is 6.91. The van der Waals surface area contributed by atoms with Gasteiger partial charge < -0.3 is 5.11 Å². The third-order valence-corrected chi connectivity index (χ3v) is 5.05. The average molecular weight is 312 g/mol. The zero-order valence-electron chi connectivity index (χ0n) is 11.8. The first-order valence-corrected chi connectivity index (χ1v) is 8.46. The number of benzene rings is 1. The fraction of sp³-hybridized carbons (Fsp3) is 0.500. The summed E-state index contributed by atoms with van der Waals surface area (Å²) >= 11 is 0. The zero-order chi connectivity index (χ0) is 15.3. The fourth-order valence-corrected chi connectivity index (χ4v) is 3.59. The summed E-state index contributed by atoms with van der Waals surface area (Å²) in [5.41, 5.74) is 1.51. The van der Waals surface area contributed by atoms with E-state index in [0.29, 0.717) is 18.7 Å². The molecule has 0 aromatic heterocycles. The van der Waals surface area contributed by atoms with Crippen molar-refractivity contribution in [1.82, 2.24) is 9.03 Å². The molecule has 1 aromatic carbocycles. The minimum atomic E-state index is -3.42. The Morgan fingerprint density at radius 1 is 1.10 bits per heavy atom. The fourth-order valence-electron chi connectivity index (χ4n) is 2.32. The summed E-state index contributed by atoms with van der Waals surface area (Å²) in [4.78, 5) is 10.6. The van der Waals surface area contributed by atoms with Crippen LogP contribution in [0.1, 0.15) is 30.4 Å². The van der Waals surface area contributed by atoms with Gasteiger partial charge in [-0.25, -0.2) is 0 Å². The van der Waals surface area contributed by atoms with Gasteiger partial charge >= 0.3 is 5.97 Å². The molecule has 1 aliphatic heterocycles. The Hall–Kier alpha value is -1.44. The van der Waals surface area contributed by atoms with E-state index >= 15 is 0 Å². The van der Waals surface area contributed by atoms with E-state index in [4.69, 9.17) is 5.11 Å². The van der Waals surface area contributed by atoms with Crippen molar-refractivity contribution < 1.29 is 18.3 Å². The summed E-state index contributed by atoms with van der Waals surface area (Å²) in [6.07, 6.45) is 2.87. The molecule has 1 heterocycles. The van der Waals surface area contributed by atoms with Crippen LogP contribution in [0.3, 0.4) is 0 Å². The number of nitrogens with zero attached hydrogens (tertiary/aromatic N) is 1. The molecule has 1 fully saturated rings.